The molecule has 0 spiro atoms. The largest absolute Gasteiger partial charge is 0.493 e. The van der Waals surface area contributed by atoms with Gasteiger partial charge in [-0.2, -0.15) is 18.3 Å². The van der Waals surface area contributed by atoms with Gasteiger partial charge in [0.05, 0.1) is 43.5 Å². The van der Waals surface area contributed by atoms with Gasteiger partial charge in [0.1, 0.15) is 5.69 Å². The van der Waals surface area contributed by atoms with Crippen LogP contribution in [0.15, 0.2) is 48.7 Å². The smallest absolute Gasteiger partial charge is 0.416 e. The first kappa shape index (κ1) is 20.5. The van der Waals surface area contributed by atoms with E-state index in [1.165, 1.54) is 33.6 Å². The number of ether oxygens (including phenoxy) is 3. The number of nitrogens with one attached hydrogen (secondary N) is 1. The summed E-state index contributed by atoms with van der Waals surface area (Å²) in [5, 5.41) is 7.89. The van der Waals surface area contributed by atoms with Gasteiger partial charge in [-0.3, -0.25) is 10.1 Å². The molecule has 0 atom stereocenters. The zero-order chi connectivity index (χ0) is 22.2. The van der Waals surface area contributed by atoms with E-state index in [-0.39, 0.29) is 0 Å². The Hall–Kier alpha value is -3.75. The first-order valence-electron chi connectivity index (χ1n) is 9.18. The SMILES string of the molecule is COc1cc(-c2n[nH]c3ccnc(-c4cccc(C(F)(F)F)c4)c23)cc(OC)c1OC. The molecule has 9 heteroatoms. The summed E-state index contributed by atoms with van der Waals surface area (Å²) in [7, 11) is 4.50. The highest BCUT2D eigenvalue weighted by Crippen LogP contribution is 2.43. The molecule has 31 heavy (non-hydrogen) atoms. The van der Waals surface area contributed by atoms with E-state index in [0.29, 0.717) is 50.7 Å². The Morgan fingerprint density at radius 3 is 2.16 bits per heavy atom. The van der Waals surface area contributed by atoms with E-state index < -0.39 is 11.7 Å². The highest BCUT2D eigenvalue weighted by atomic mass is 19.4. The van der Waals surface area contributed by atoms with Gasteiger partial charge in [0.25, 0.3) is 0 Å². The second kappa shape index (κ2) is 7.82. The number of alkyl halides is 3. The number of nitrogens with zero attached hydrogens (tertiary/aromatic N) is 2. The van der Waals surface area contributed by atoms with E-state index >= 15 is 0 Å². The summed E-state index contributed by atoms with van der Waals surface area (Å²) >= 11 is 0. The zero-order valence-electron chi connectivity index (χ0n) is 16.9. The topological polar surface area (TPSA) is 69.3 Å². The third-order valence-electron chi connectivity index (χ3n) is 4.88. The minimum Gasteiger partial charge on any atom is -0.493 e. The molecule has 0 unspecified atom stereocenters. The molecule has 4 aromatic rings. The van der Waals surface area contributed by atoms with E-state index in [0.717, 1.165) is 12.1 Å². The van der Waals surface area contributed by atoms with Gasteiger partial charge in [-0.05, 0) is 30.3 Å². The lowest BCUT2D eigenvalue weighted by Gasteiger charge is -2.14. The highest BCUT2D eigenvalue weighted by molar-refractivity contribution is 6.02. The molecule has 2 heterocycles. The molecule has 0 saturated carbocycles. The third kappa shape index (κ3) is 3.63. The number of rotatable bonds is 5. The normalized spacial score (nSPS) is 11.5. The van der Waals surface area contributed by atoms with Gasteiger partial charge in [0, 0.05) is 17.3 Å². The van der Waals surface area contributed by atoms with Crippen molar-refractivity contribution in [3.8, 4) is 39.8 Å². The molecule has 0 aliphatic carbocycles. The summed E-state index contributed by atoms with van der Waals surface area (Å²) in [5.74, 6) is 1.28. The average molecular weight is 429 g/mol. The monoisotopic (exact) mass is 429 g/mol. The van der Waals surface area contributed by atoms with Gasteiger partial charge in [0.2, 0.25) is 5.75 Å². The summed E-state index contributed by atoms with van der Waals surface area (Å²) in [4.78, 5) is 4.36. The molecule has 2 aromatic carbocycles. The number of aromatic amines is 1. The molecule has 2 aromatic heterocycles. The van der Waals surface area contributed by atoms with E-state index in [1.807, 2.05) is 0 Å². The van der Waals surface area contributed by atoms with Crippen LogP contribution in [-0.2, 0) is 6.18 Å². The Balaban J connectivity index is 1.96. The molecule has 4 rings (SSSR count). The molecule has 0 fully saturated rings. The van der Waals surface area contributed by atoms with Gasteiger partial charge in [-0.1, -0.05) is 12.1 Å². The summed E-state index contributed by atoms with van der Waals surface area (Å²) < 4.78 is 55.9. The zero-order valence-corrected chi connectivity index (χ0v) is 16.9. The number of H-pyrrole nitrogens is 1. The number of hydrogen-bond donors (Lipinski definition) is 1. The van der Waals surface area contributed by atoms with Crippen molar-refractivity contribution in [2.45, 2.75) is 6.18 Å². The maximum Gasteiger partial charge on any atom is 0.416 e. The van der Waals surface area contributed by atoms with Crippen molar-refractivity contribution in [2.75, 3.05) is 21.3 Å². The van der Waals surface area contributed by atoms with Crippen LogP contribution < -0.4 is 14.2 Å². The van der Waals surface area contributed by atoms with Gasteiger partial charge < -0.3 is 14.2 Å². The van der Waals surface area contributed by atoms with Crippen molar-refractivity contribution in [3.63, 3.8) is 0 Å². The molecule has 1 N–H and O–H groups in total. The van der Waals surface area contributed by atoms with Crippen LogP contribution in [0.4, 0.5) is 13.2 Å². The molecule has 160 valence electrons. The molecule has 0 bridgehead atoms. The Bertz CT molecular complexity index is 1230. The summed E-state index contributed by atoms with van der Waals surface area (Å²) in [5.41, 5.74) is 1.71. The van der Waals surface area contributed by atoms with Crippen LogP contribution in [-0.4, -0.2) is 36.5 Å². The Labute approximate surface area is 175 Å². The number of aromatic nitrogens is 3. The van der Waals surface area contributed by atoms with Crippen LogP contribution in [0.2, 0.25) is 0 Å². The number of benzene rings is 2. The van der Waals surface area contributed by atoms with E-state index in [1.54, 1.807) is 24.3 Å². The molecule has 0 radical (unpaired) electrons. The van der Waals surface area contributed by atoms with E-state index in [4.69, 9.17) is 14.2 Å². The number of hydrogen-bond acceptors (Lipinski definition) is 5. The van der Waals surface area contributed by atoms with Gasteiger partial charge >= 0.3 is 6.18 Å². The molecule has 0 aliphatic rings. The van der Waals surface area contributed by atoms with Gasteiger partial charge in [-0.25, -0.2) is 0 Å². The standard InChI is InChI=1S/C22H18F3N3O3/c1-29-16-10-13(11-17(30-2)21(16)31-3)20-18-15(27-28-20)7-8-26-19(18)12-5-4-6-14(9-12)22(23,24)25/h4-11H,1-3H3,(H,27,28). The summed E-state index contributed by atoms with van der Waals surface area (Å²) in [6, 6.07) is 10.2. The van der Waals surface area contributed by atoms with Crippen molar-refractivity contribution < 1.29 is 27.4 Å². The lowest BCUT2D eigenvalue weighted by atomic mass is 10.0. The van der Waals surface area contributed by atoms with Crippen LogP contribution in [0.1, 0.15) is 5.56 Å². The van der Waals surface area contributed by atoms with Gasteiger partial charge in [-0.15, -0.1) is 0 Å². The molecule has 6 nitrogen and oxygen atoms in total. The second-order valence-corrected chi connectivity index (χ2v) is 6.65. The minimum absolute atomic E-state index is 0.329. The molecule has 0 saturated heterocycles. The molecular formula is C22H18F3N3O3. The summed E-state index contributed by atoms with van der Waals surface area (Å²) in [6.07, 6.45) is -2.94. The number of fused-ring (bicyclic) bond motifs is 1. The van der Waals surface area contributed by atoms with Crippen molar-refractivity contribution >= 4 is 10.9 Å². The molecule has 0 amide bonds. The second-order valence-electron chi connectivity index (χ2n) is 6.65. The Morgan fingerprint density at radius 2 is 1.55 bits per heavy atom. The maximum atomic E-state index is 13.2. The van der Waals surface area contributed by atoms with E-state index in [2.05, 4.69) is 15.2 Å². The number of halogens is 3. The fourth-order valence-electron chi connectivity index (χ4n) is 3.46. The predicted molar refractivity (Wildman–Crippen MR) is 109 cm³/mol. The van der Waals surface area contributed by atoms with E-state index in [9.17, 15) is 13.2 Å². The van der Waals surface area contributed by atoms with Crippen molar-refractivity contribution in [3.05, 3.63) is 54.2 Å². The molecular weight excluding hydrogens is 411 g/mol. The fourth-order valence-corrected chi connectivity index (χ4v) is 3.46. The third-order valence-corrected chi connectivity index (χ3v) is 4.88. The van der Waals surface area contributed by atoms with Crippen molar-refractivity contribution in [1.82, 2.24) is 15.2 Å². The first-order valence-corrected chi connectivity index (χ1v) is 9.18. The van der Waals surface area contributed by atoms with Crippen molar-refractivity contribution in [2.24, 2.45) is 0 Å². The summed E-state index contributed by atoms with van der Waals surface area (Å²) in [6.45, 7) is 0. The van der Waals surface area contributed by atoms with Gasteiger partial charge in [0.15, 0.2) is 11.5 Å². The first-order chi connectivity index (χ1) is 14.9. The lowest BCUT2D eigenvalue weighted by molar-refractivity contribution is -0.137. The fraction of sp³-hybridized carbons (Fsp3) is 0.182. The van der Waals surface area contributed by atoms with Crippen LogP contribution in [0.3, 0.4) is 0 Å². The Morgan fingerprint density at radius 1 is 0.839 bits per heavy atom. The number of pyridine rings is 1. The van der Waals surface area contributed by atoms with Crippen LogP contribution in [0, 0.1) is 0 Å². The maximum absolute atomic E-state index is 13.2. The highest BCUT2D eigenvalue weighted by Gasteiger charge is 2.31. The quantitative estimate of drug-likeness (QED) is 0.464. The lowest BCUT2D eigenvalue weighted by Crippen LogP contribution is -2.04. The van der Waals surface area contributed by atoms with Crippen molar-refractivity contribution in [1.29, 1.82) is 0 Å². The number of methoxy groups -OCH3 is 3. The average Bonchev–Trinajstić information content (AvgIpc) is 3.22. The molecule has 0 aliphatic heterocycles. The Kier molecular flexibility index (Phi) is 5.18. The predicted octanol–water partition coefficient (Wildman–Crippen LogP) is 5.34. The minimum atomic E-state index is -4.46. The van der Waals surface area contributed by atoms with Crippen LogP contribution in [0.25, 0.3) is 33.4 Å². The van der Waals surface area contributed by atoms with Crippen LogP contribution in [0.5, 0.6) is 17.2 Å². The van der Waals surface area contributed by atoms with Crippen LogP contribution >= 0.6 is 0 Å².